The third-order valence-electron chi connectivity index (χ3n) is 1.92. The summed E-state index contributed by atoms with van der Waals surface area (Å²) >= 11 is -0.362. The number of hydrogen-bond acceptors (Lipinski definition) is 3. The van der Waals surface area contributed by atoms with Gasteiger partial charge in [-0.2, -0.15) is 26.3 Å². The molecule has 0 aliphatic heterocycles. The molecule has 0 spiro atoms. The van der Waals surface area contributed by atoms with Crippen molar-refractivity contribution in [2.24, 2.45) is 0 Å². The Balaban J connectivity index is 2.68. The average molecular weight is 305 g/mol. The second-order valence-corrected chi connectivity index (χ2v) is 4.56. The second-order valence-electron chi connectivity index (χ2n) is 3.40. The third-order valence-corrected chi connectivity index (χ3v) is 2.61. The first-order chi connectivity index (χ1) is 8.59. The van der Waals surface area contributed by atoms with Crippen molar-refractivity contribution < 1.29 is 31.1 Å². The van der Waals surface area contributed by atoms with Gasteiger partial charge < -0.3 is 10.5 Å². The molecule has 0 saturated heterocycles. The number of hydrogen-bond donors (Lipinski definition) is 1. The second kappa shape index (κ2) is 5.81. The Morgan fingerprint density at radius 3 is 2.26 bits per heavy atom. The fraction of sp³-hybridized carbons (Fsp3) is 0.400. The van der Waals surface area contributed by atoms with Crippen LogP contribution >= 0.6 is 11.8 Å². The molecule has 0 unspecified atom stereocenters. The van der Waals surface area contributed by atoms with Crippen molar-refractivity contribution in [3.05, 3.63) is 23.8 Å². The maximum absolute atomic E-state index is 12.6. The molecule has 0 bridgehead atoms. The Kier molecular flexibility index (Phi) is 4.83. The Morgan fingerprint density at radius 1 is 1.11 bits per heavy atom. The molecule has 0 radical (unpaired) electrons. The zero-order chi connectivity index (χ0) is 14.7. The third kappa shape index (κ3) is 5.50. The van der Waals surface area contributed by atoms with Crippen LogP contribution in [0.5, 0.6) is 5.75 Å². The first kappa shape index (κ1) is 15.8. The van der Waals surface area contributed by atoms with E-state index in [1.165, 1.54) is 6.07 Å². The highest BCUT2D eigenvalue weighted by molar-refractivity contribution is 8.00. The molecule has 9 heteroatoms. The molecule has 0 heterocycles. The summed E-state index contributed by atoms with van der Waals surface area (Å²) in [6.07, 6.45) is -4.68. The number of alkyl halides is 6. The smallest absolute Gasteiger partial charge is 0.441 e. The van der Waals surface area contributed by atoms with Gasteiger partial charge in [0.2, 0.25) is 0 Å². The van der Waals surface area contributed by atoms with Crippen LogP contribution in [0.3, 0.4) is 0 Å². The van der Waals surface area contributed by atoms with Crippen molar-refractivity contribution in [2.45, 2.75) is 11.7 Å². The van der Waals surface area contributed by atoms with E-state index in [9.17, 15) is 26.3 Å². The highest BCUT2D eigenvalue weighted by Gasteiger charge is 2.34. The van der Waals surface area contributed by atoms with Crippen molar-refractivity contribution in [2.75, 3.05) is 18.1 Å². The molecule has 1 rings (SSSR count). The van der Waals surface area contributed by atoms with Gasteiger partial charge in [0.1, 0.15) is 5.75 Å². The number of thioether (sulfide) groups is 1. The zero-order valence-electron chi connectivity index (χ0n) is 9.31. The number of halogens is 6. The van der Waals surface area contributed by atoms with Crippen LogP contribution in [0.1, 0.15) is 5.56 Å². The van der Waals surface area contributed by atoms with Crippen LogP contribution in [-0.2, 0) is 6.18 Å². The van der Waals surface area contributed by atoms with Gasteiger partial charge in [-0.3, -0.25) is 0 Å². The predicted octanol–water partition coefficient (Wildman–Crippen LogP) is 3.92. The van der Waals surface area contributed by atoms with E-state index in [0.29, 0.717) is 6.07 Å². The quantitative estimate of drug-likeness (QED) is 0.520. The lowest BCUT2D eigenvalue weighted by atomic mass is 10.1. The first-order valence-electron chi connectivity index (χ1n) is 4.90. The summed E-state index contributed by atoms with van der Waals surface area (Å²) in [7, 11) is 0. The van der Waals surface area contributed by atoms with Gasteiger partial charge >= 0.3 is 11.7 Å². The van der Waals surface area contributed by atoms with Crippen molar-refractivity contribution in [3.63, 3.8) is 0 Å². The van der Waals surface area contributed by atoms with Crippen LogP contribution in [0.2, 0.25) is 0 Å². The summed E-state index contributed by atoms with van der Waals surface area (Å²) in [4.78, 5) is 0. The maximum atomic E-state index is 12.6. The molecule has 0 aliphatic rings. The number of nitrogen functional groups attached to an aromatic ring is 1. The zero-order valence-corrected chi connectivity index (χ0v) is 10.1. The number of rotatable bonds is 4. The maximum Gasteiger partial charge on any atom is 0.441 e. The SMILES string of the molecule is Nc1ccc(OCCSC(F)(F)F)c(C(F)(F)F)c1. The monoisotopic (exact) mass is 305 g/mol. The molecular formula is C10H9F6NOS. The van der Waals surface area contributed by atoms with Crippen LogP contribution < -0.4 is 10.5 Å². The van der Waals surface area contributed by atoms with Crippen LogP contribution in [0, 0.1) is 0 Å². The standard InChI is InChI=1S/C10H9F6NOS/c11-9(12,13)7-5-6(17)1-2-8(7)18-3-4-19-10(14,15)16/h1-2,5H,3-4,17H2. The van der Waals surface area contributed by atoms with E-state index in [4.69, 9.17) is 10.5 Å². The van der Waals surface area contributed by atoms with Crippen LogP contribution in [-0.4, -0.2) is 17.9 Å². The van der Waals surface area contributed by atoms with Gasteiger partial charge in [-0.1, -0.05) is 0 Å². The van der Waals surface area contributed by atoms with Crippen LogP contribution in [0.4, 0.5) is 32.0 Å². The van der Waals surface area contributed by atoms with E-state index >= 15 is 0 Å². The minimum absolute atomic E-state index is 0.107. The van der Waals surface area contributed by atoms with Gasteiger partial charge in [0.15, 0.2) is 0 Å². The van der Waals surface area contributed by atoms with E-state index in [1.807, 2.05) is 0 Å². The lowest BCUT2D eigenvalue weighted by molar-refractivity contribution is -0.138. The van der Waals surface area contributed by atoms with E-state index in [1.54, 1.807) is 0 Å². The molecule has 19 heavy (non-hydrogen) atoms. The van der Waals surface area contributed by atoms with Crippen LogP contribution in [0.25, 0.3) is 0 Å². The molecule has 2 nitrogen and oxygen atoms in total. The summed E-state index contributed by atoms with van der Waals surface area (Å²) in [5.41, 5.74) is -0.420. The Labute approximate surface area is 108 Å². The van der Waals surface area contributed by atoms with E-state index in [-0.39, 0.29) is 17.4 Å². The molecule has 1 aromatic carbocycles. The number of anilines is 1. The van der Waals surface area contributed by atoms with Gasteiger partial charge in [0, 0.05) is 11.4 Å². The largest absolute Gasteiger partial charge is 0.492 e. The van der Waals surface area contributed by atoms with Gasteiger partial charge in [0.25, 0.3) is 0 Å². The summed E-state index contributed by atoms with van der Waals surface area (Å²) in [5, 5.41) is 0. The number of nitrogens with two attached hydrogens (primary N) is 1. The lowest BCUT2D eigenvalue weighted by Crippen LogP contribution is -2.12. The normalized spacial score (nSPS) is 12.5. The van der Waals surface area contributed by atoms with E-state index in [2.05, 4.69) is 0 Å². The number of ether oxygens (including phenoxy) is 1. The molecule has 108 valence electrons. The fourth-order valence-corrected chi connectivity index (χ4v) is 1.60. The van der Waals surface area contributed by atoms with Crippen molar-refractivity contribution in [3.8, 4) is 5.75 Å². The van der Waals surface area contributed by atoms with Crippen molar-refractivity contribution >= 4 is 17.4 Å². The summed E-state index contributed by atoms with van der Waals surface area (Å²) in [6.45, 7) is -0.489. The van der Waals surface area contributed by atoms with Gasteiger partial charge in [-0.05, 0) is 30.0 Å². The Bertz CT molecular complexity index is 431. The highest BCUT2D eigenvalue weighted by atomic mass is 32.2. The molecule has 0 aromatic heterocycles. The molecule has 0 amide bonds. The Hall–Kier alpha value is -1.25. The van der Waals surface area contributed by atoms with Crippen LogP contribution in [0.15, 0.2) is 18.2 Å². The minimum Gasteiger partial charge on any atom is -0.492 e. The fourth-order valence-electron chi connectivity index (χ4n) is 1.20. The highest BCUT2D eigenvalue weighted by Crippen LogP contribution is 2.37. The molecular weight excluding hydrogens is 296 g/mol. The first-order valence-corrected chi connectivity index (χ1v) is 5.88. The molecule has 2 N–H and O–H groups in total. The minimum atomic E-state index is -4.68. The summed E-state index contributed by atoms with van der Waals surface area (Å²) in [6, 6.07) is 2.84. The predicted molar refractivity (Wildman–Crippen MR) is 59.9 cm³/mol. The van der Waals surface area contributed by atoms with Gasteiger partial charge in [-0.15, -0.1) is 0 Å². The molecule has 1 aromatic rings. The molecule has 0 aliphatic carbocycles. The molecule has 0 saturated carbocycles. The average Bonchev–Trinajstić information content (AvgIpc) is 2.23. The molecule has 0 fully saturated rings. The van der Waals surface area contributed by atoms with Gasteiger partial charge in [-0.25, -0.2) is 0 Å². The van der Waals surface area contributed by atoms with Crippen molar-refractivity contribution in [1.82, 2.24) is 0 Å². The lowest BCUT2D eigenvalue weighted by Gasteiger charge is -2.14. The summed E-state index contributed by atoms with van der Waals surface area (Å²) in [5.74, 6) is -1.03. The van der Waals surface area contributed by atoms with E-state index < -0.39 is 35.4 Å². The van der Waals surface area contributed by atoms with Crippen molar-refractivity contribution in [1.29, 1.82) is 0 Å². The Morgan fingerprint density at radius 2 is 1.74 bits per heavy atom. The number of benzene rings is 1. The topological polar surface area (TPSA) is 35.2 Å². The summed E-state index contributed by atoms with van der Waals surface area (Å²) < 4.78 is 78.0. The van der Waals surface area contributed by atoms with Gasteiger partial charge in [0.05, 0.1) is 12.2 Å². The van der Waals surface area contributed by atoms with E-state index in [0.717, 1.165) is 6.07 Å². The molecule has 0 atom stereocenters.